The number of nitrogens with zero attached hydrogens (tertiary/aromatic N) is 2. The molecule has 0 saturated carbocycles. The number of furan rings is 1. The van der Waals surface area contributed by atoms with Crippen LogP contribution in [0.4, 0.5) is 17.1 Å². The molecule has 2 aromatic heterocycles. The summed E-state index contributed by atoms with van der Waals surface area (Å²) in [6.45, 7) is 0. The van der Waals surface area contributed by atoms with E-state index in [9.17, 15) is 0 Å². The number of rotatable bonds is 8. The molecule has 12 rings (SSSR count). The molecule has 0 N–H and O–H groups in total. The van der Waals surface area contributed by atoms with Gasteiger partial charge in [0.05, 0.1) is 10.2 Å². The molecule has 0 saturated heterocycles. The molecule has 2 heterocycles. The molecule has 0 unspecified atom stereocenters. The Hall–Kier alpha value is -8.05. The summed E-state index contributed by atoms with van der Waals surface area (Å²) in [6.07, 6.45) is 0. The molecule has 0 aliphatic carbocycles. The molecule has 296 valence electrons. The van der Waals surface area contributed by atoms with Crippen LogP contribution in [-0.4, -0.2) is 4.98 Å². The van der Waals surface area contributed by atoms with E-state index >= 15 is 0 Å². The Balaban J connectivity index is 0.973. The number of aromatic nitrogens is 1. The lowest BCUT2D eigenvalue weighted by molar-refractivity contribution is 0.669. The lowest BCUT2D eigenvalue weighted by Crippen LogP contribution is -2.10. The third-order valence-corrected chi connectivity index (χ3v) is 13.2. The number of anilines is 3. The van der Waals surface area contributed by atoms with Crippen LogP contribution >= 0.6 is 11.3 Å². The molecule has 10 aromatic carbocycles. The van der Waals surface area contributed by atoms with Crippen LogP contribution in [0.25, 0.3) is 98.0 Å². The molecule has 0 fully saturated rings. The zero-order valence-electron chi connectivity index (χ0n) is 34.2. The van der Waals surface area contributed by atoms with Gasteiger partial charge in [0.1, 0.15) is 16.2 Å². The number of hydrogen-bond acceptors (Lipinski definition) is 4. The van der Waals surface area contributed by atoms with E-state index in [1.807, 2.05) is 6.07 Å². The van der Waals surface area contributed by atoms with Crippen molar-refractivity contribution in [2.75, 3.05) is 4.90 Å². The molecule has 63 heavy (non-hydrogen) atoms. The summed E-state index contributed by atoms with van der Waals surface area (Å²) in [5.74, 6) is 0. The molecular formula is C59H38N2OS. The average molecular weight is 823 g/mol. The minimum absolute atomic E-state index is 0.868. The molecule has 0 radical (unpaired) electrons. The second-order valence-electron chi connectivity index (χ2n) is 15.9. The fourth-order valence-corrected chi connectivity index (χ4v) is 9.98. The summed E-state index contributed by atoms with van der Waals surface area (Å²) in [5, 5.41) is 5.66. The lowest BCUT2D eigenvalue weighted by atomic mass is 9.93. The van der Waals surface area contributed by atoms with Crippen molar-refractivity contribution in [1.29, 1.82) is 0 Å². The van der Waals surface area contributed by atoms with Gasteiger partial charge in [-0.2, -0.15) is 0 Å². The standard InChI is InChI=1S/C59H38N2OS/c1-4-14-41(15-5-1)50-34-33-49(36-52(50)42-16-6-2-7-17-42)61(47-29-25-40(26-30-47)46-24-23-39-13-10-11-20-45(39)35-46)48-31-27-43(28-32-48)51-21-12-22-55-58(51)53-37-54-57(38-56(53)62-55)63-59(60-54)44-18-8-3-9-19-44/h1-38H. The summed E-state index contributed by atoms with van der Waals surface area (Å²) in [5.41, 5.74) is 16.4. The van der Waals surface area contributed by atoms with E-state index in [0.717, 1.165) is 70.9 Å². The largest absolute Gasteiger partial charge is 0.456 e. The van der Waals surface area contributed by atoms with E-state index in [0.29, 0.717) is 0 Å². The van der Waals surface area contributed by atoms with Gasteiger partial charge < -0.3 is 9.32 Å². The molecule has 0 spiro atoms. The zero-order valence-corrected chi connectivity index (χ0v) is 35.0. The van der Waals surface area contributed by atoms with Crippen LogP contribution in [0.1, 0.15) is 0 Å². The monoisotopic (exact) mass is 822 g/mol. The molecule has 0 aliphatic heterocycles. The fraction of sp³-hybridized carbons (Fsp3) is 0. The summed E-state index contributed by atoms with van der Waals surface area (Å²) in [4.78, 5) is 7.43. The molecule has 0 atom stereocenters. The van der Waals surface area contributed by atoms with E-state index in [2.05, 4.69) is 229 Å². The van der Waals surface area contributed by atoms with E-state index in [-0.39, 0.29) is 0 Å². The SMILES string of the molecule is c1ccc(-c2nc3cc4c(cc3s2)oc2cccc(-c3ccc(N(c5ccc(-c6ccc7ccccc7c6)cc5)c5ccc(-c6ccccc6)c(-c6ccccc6)c5)cc3)c24)cc1. The molecule has 4 heteroatoms. The highest BCUT2D eigenvalue weighted by Gasteiger charge is 2.19. The van der Waals surface area contributed by atoms with Gasteiger partial charge in [-0.3, -0.25) is 0 Å². The van der Waals surface area contributed by atoms with Gasteiger partial charge >= 0.3 is 0 Å². The third kappa shape index (κ3) is 6.74. The van der Waals surface area contributed by atoms with Gasteiger partial charge in [0, 0.05) is 39.5 Å². The van der Waals surface area contributed by atoms with E-state index in [4.69, 9.17) is 9.40 Å². The normalized spacial score (nSPS) is 11.5. The van der Waals surface area contributed by atoms with Gasteiger partial charge in [0.25, 0.3) is 0 Å². The van der Waals surface area contributed by atoms with Crippen molar-refractivity contribution in [2.24, 2.45) is 0 Å². The first kappa shape index (κ1) is 36.8. The molecule has 0 amide bonds. The minimum Gasteiger partial charge on any atom is -0.456 e. The van der Waals surface area contributed by atoms with Crippen molar-refractivity contribution >= 4 is 71.3 Å². The summed E-state index contributed by atoms with van der Waals surface area (Å²) >= 11 is 1.70. The molecule has 0 bridgehead atoms. The van der Waals surface area contributed by atoms with Crippen molar-refractivity contribution < 1.29 is 4.42 Å². The van der Waals surface area contributed by atoms with Gasteiger partial charge in [-0.05, 0) is 110 Å². The van der Waals surface area contributed by atoms with Crippen molar-refractivity contribution in [3.05, 3.63) is 231 Å². The third-order valence-electron chi connectivity index (χ3n) is 12.1. The predicted octanol–water partition coefficient (Wildman–Crippen LogP) is 17.2. The Morgan fingerprint density at radius 2 is 0.952 bits per heavy atom. The van der Waals surface area contributed by atoms with Crippen molar-refractivity contribution in [3.63, 3.8) is 0 Å². The highest BCUT2D eigenvalue weighted by molar-refractivity contribution is 7.21. The summed E-state index contributed by atoms with van der Waals surface area (Å²) < 4.78 is 7.65. The van der Waals surface area contributed by atoms with Gasteiger partial charge in [0.15, 0.2) is 0 Å². The van der Waals surface area contributed by atoms with E-state index in [1.54, 1.807) is 11.3 Å². The van der Waals surface area contributed by atoms with Crippen LogP contribution in [0.2, 0.25) is 0 Å². The van der Waals surface area contributed by atoms with Crippen LogP contribution in [0.15, 0.2) is 235 Å². The Morgan fingerprint density at radius 3 is 1.67 bits per heavy atom. The zero-order chi connectivity index (χ0) is 41.7. The second-order valence-corrected chi connectivity index (χ2v) is 17.0. The maximum atomic E-state index is 6.54. The molecule has 0 aliphatic rings. The van der Waals surface area contributed by atoms with Gasteiger partial charge in [0.2, 0.25) is 0 Å². The lowest BCUT2D eigenvalue weighted by Gasteiger charge is -2.27. The van der Waals surface area contributed by atoms with Crippen LogP contribution < -0.4 is 4.90 Å². The quantitative estimate of drug-likeness (QED) is 0.153. The van der Waals surface area contributed by atoms with Crippen LogP contribution in [0.3, 0.4) is 0 Å². The molecule has 3 nitrogen and oxygen atoms in total. The van der Waals surface area contributed by atoms with Crippen LogP contribution in [0, 0.1) is 0 Å². The second kappa shape index (κ2) is 15.4. The highest BCUT2D eigenvalue weighted by Crippen LogP contribution is 2.44. The maximum Gasteiger partial charge on any atom is 0.137 e. The van der Waals surface area contributed by atoms with E-state index in [1.165, 1.54) is 44.2 Å². The number of benzene rings is 10. The van der Waals surface area contributed by atoms with Gasteiger partial charge in [-0.25, -0.2) is 4.98 Å². The maximum absolute atomic E-state index is 6.54. The van der Waals surface area contributed by atoms with Crippen LogP contribution in [-0.2, 0) is 0 Å². The Bertz CT molecular complexity index is 3590. The predicted molar refractivity (Wildman–Crippen MR) is 266 cm³/mol. The first-order valence-corrected chi connectivity index (χ1v) is 22.1. The molecule has 12 aromatic rings. The average Bonchev–Trinajstić information content (AvgIpc) is 3.95. The highest BCUT2D eigenvalue weighted by atomic mass is 32.1. The Labute approximate surface area is 369 Å². The van der Waals surface area contributed by atoms with Crippen LogP contribution in [0.5, 0.6) is 0 Å². The van der Waals surface area contributed by atoms with Crippen molar-refractivity contribution in [1.82, 2.24) is 4.98 Å². The minimum atomic E-state index is 0.868. The summed E-state index contributed by atoms with van der Waals surface area (Å²) in [7, 11) is 0. The molecular weight excluding hydrogens is 785 g/mol. The van der Waals surface area contributed by atoms with E-state index < -0.39 is 0 Å². The first-order chi connectivity index (χ1) is 31.2. The topological polar surface area (TPSA) is 29.3 Å². The Morgan fingerprint density at radius 1 is 0.365 bits per heavy atom. The van der Waals surface area contributed by atoms with Gasteiger partial charge in [-0.15, -0.1) is 11.3 Å². The number of thiazole rings is 1. The number of fused-ring (bicyclic) bond motifs is 5. The fourth-order valence-electron chi connectivity index (χ4n) is 9.00. The first-order valence-electron chi connectivity index (χ1n) is 21.3. The summed E-state index contributed by atoms with van der Waals surface area (Å²) in [6, 6.07) is 82.5. The number of hydrogen-bond donors (Lipinski definition) is 0. The Kier molecular flexibility index (Phi) is 9.02. The van der Waals surface area contributed by atoms with Crippen molar-refractivity contribution in [3.8, 4) is 55.1 Å². The van der Waals surface area contributed by atoms with Gasteiger partial charge in [-0.1, -0.05) is 170 Å². The smallest absolute Gasteiger partial charge is 0.137 e. The van der Waals surface area contributed by atoms with Crippen molar-refractivity contribution in [2.45, 2.75) is 0 Å².